The second-order valence-electron chi connectivity index (χ2n) is 4.30. The van der Waals surface area contributed by atoms with Gasteiger partial charge in [0.2, 0.25) is 0 Å². The number of rotatable bonds is 4. The summed E-state index contributed by atoms with van der Waals surface area (Å²) in [5.41, 5.74) is 10.9. The molecule has 0 radical (unpaired) electrons. The van der Waals surface area contributed by atoms with E-state index in [-0.39, 0.29) is 17.3 Å². The lowest BCUT2D eigenvalue weighted by molar-refractivity contribution is -0.135. The number of nitrogens with two attached hydrogens (primary N) is 2. The highest BCUT2D eigenvalue weighted by molar-refractivity contribution is 6.35. The minimum absolute atomic E-state index is 0.183. The quantitative estimate of drug-likeness (QED) is 0.479. The number of carboxylic acid groups (broad SMARTS) is 1. The van der Waals surface area contributed by atoms with Gasteiger partial charge < -0.3 is 21.9 Å². The zero-order chi connectivity index (χ0) is 16.3. The van der Waals surface area contributed by atoms with Crippen LogP contribution < -0.4 is 16.8 Å². The van der Waals surface area contributed by atoms with Gasteiger partial charge in [0, 0.05) is 22.5 Å². The number of benzene rings is 1. The topological polar surface area (TPSA) is 144 Å². The van der Waals surface area contributed by atoms with Crippen molar-refractivity contribution in [3.05, 3.63) is 35.0 Å². The fraction of sp³-hybridized carbons (Fsp3) is 0.0769. The van der Waals surface area contributed by atoms with Crippen LogP contribution in [0.2, 0.25) is 5.02 Å². The van der Waals surface area contributed by atoms with Crippen LogP contribution in [0.25, 0.3) is 10.8 Å². The molecule has 0 bridgehead atoms. The first-order valence-corrected chi connectivity index (χ1v) is 6.44. The Kier molecular flexibility index (Phi) is 4.42. The number of pyridine rings is 1. The Labute approximate surface area is 129 Å². The maximum Gasteiger partial charge on any atom is 0.322 e. The van der Waals surface area contributed by atoms with E-state index in [1.165, 1.54) is 18.3 Å². The van der Waals surface area contributed by atoms with E-state index in [0.29, 0.717) is 15.8 Å². The predicted molar refractivity (Wildman–Crippen MR) is 82.2 cm³/mol. The molecular formula is C13H12ClN5O3. The molecule has 0 spiro atoms. The van der Waals surface area contributed by atoms with Crippen LogP contribution >= 0.6 is 11.6 Å². The van der Waals surface area contributed by atoms with Crippen molar-refractivity contribution in [1.82, 2.24) is 10.3 Å². The number of hydrogen-bond donors (Lipinski definition) is 4. The lowest BCUT2D eigenvalue weighted by Gasteiger charge is -2.07. The summed E-state index contributed by atoms with van der Waals surface area (Å²) in [6.45, 7) is -0.481. The number of nitrogens with one attached hydrogen (secondary N) is 1. The Morgan fingerprint density at radius 2 is 2.05 bits per heavy atom. The first-order valence-electron chi connectivity index (χ1n) is 6.06. The largest absolute Gasteiger partial charge is 0.480 e. The SMILES string of the molecule is NC(N)=Nc1ncc(Cl)c2ccc(C(=O)NCC(=O)O)cc12. The molecule has 2 rings (SSSR count). The second kappa shape index (κ2) is 6.27. The third kappa shape index (κ3) is 3.41. The van der Waals surface area contributed by atoms with Gasteiger partial charge >= 0.3 is 5.97 Å². The zero-order valence-electron chi connectivity index (χ0n) is 11.2. The number of carbonyl (C=O) groups excluding carboxylic acids is 1. The molecule has 114 valence electrons. The van der Waals surface area contributed by atoms with Gasteiger partial charge in [0.25, 0.3) is 5.91 Å². The number of guanidine groups is 1. The Morgan fingerprint density at radius 1 is 1.32 bits per heavy atom. The molecule has 2 aromatic rings. The standard InChI is InChI=1S/C13H12ClN5O3/c14-9-4-17-11(19-13(15)16)8-3-6(1-2-7(8)9)12(22)18-5-10(20)21/h1-4H,5H2,(H,18,22)(H,20,21)(H4,15,16,17,19). The normalized spacial score (nSPS) is 10.2. The number of aromatic nitrogens is 1. The Hall–Kier alpha value is -2.87. The van der Waals surface area contributed by atoms with Crippen molar-refractivity contribution in [3.63, 3.8) is 0 Å². The summed E-state index contributed by atoms with van der Waals surface area (Å²) in [6.07, 6.45) is 1.40. The minimum Gasteiger partial charge on any atom is -0.480 e. The van der Waals surface area contributed by atoms with E-state index < -0.39 is 18.4 Å². The van der Waals surface area contributed by atoms with E-state index >= 15 is 0 Å². The molecule has 0 aliphatic heterocycles. The summed E-state index contributed by atoms with van der Waals surface area (Å²) in [5, 5.41) is 12.3. The van der Waals surface area contributed by atoms with E-state index in [2.05, 4.69) is 15.3 Å². The third-order valence-electron chi connectivity index (χ3n) is 2.72. The predicted octanol–water partition coefficient (Wildman–Crippen LogP) is 0.607. The maximum atomic E-state index is 11.9. The molecule has 0 unspecified atom stereocenters. The molecule has 1 aromatic carbocycles. The number of nitrogens with zero attached hydrogens (tertiary/aromatic N) is 2. The van der Waals surface area contributed by atoms with E-state index in [0.717, 1.165) is 0 Å². The first kappa shape index (κ1) is 15.5. The van der Waals surface area contributed by atoms with Crippen LogP contribution in [0.5, 0.6) is 0 Å². The lowest BCUT2D eigenvalue weighted by atomic mass is 10.1. The average Bonchev–Trinajstić information content (AvgIpc) is 2.47. The first-order chi connectivity index (χ1) is 10.4. The van der Waals surface area contributed by atoms with Crippen molar-refractivity contribution in [2.45, 2.75) is 0 Å². The van der Waals surface area contributed by atoms with Crippen molar-refractivity contribution in [2.75, 3.05) is 6.54 Å². The molecule has 0 aliphatic rings. The van der Waals surface area contributed by atoms with Gasteiger partial charge in [-0.15, -0.1) is 0 Å². The molecule has 6 N–H and O–H groups in total. The summed E-state index contributed by atoms with van der Waals surface area (Å²) in [5.74, 6) is -1.65. The molecule has 1 heterocycles. The Morgan fingerprint density at radius 3 is 2.68 bits per heavy atom. The molecule has 0 fully saturated rings. The Bertz CT molecular complexity index is 787. The van der Waals surface area contributed by atoms with Gasteiger partial charge in [0.05, 0.1) is 5.02 Å². The van der Waals surface area contributed by atoms with Crippen LogP contribution in [0.4, 0.5) is 5.82 Å². The molecule has 0 aliphatic carbocycles. The number of carboxylic acids is 1. The van der Waals surface area contributed by atoms with E-state index in [1.54, 1.807) is 6.07 Å². The molecule has 1 amide bonds. The van der Waals surface area contributed by atoms with Crippen LogP contribution in [0.15, 0.2) is 29.4 Å². The highest BCUT2D eigenvalue weighted by atomic mass is 35.5. The smallest absolute Gasteiger partial charge is 0.322 e. The number of carbonyl (C=O) groups is 2. The zero-order valence-corrected chi connectivity index (χ0v) is 12.0. The molecule has 22 heavy (non-hydrogen) atoms. The molecule has 8 nitrogen and oxygen atoms in total. The summed E-state index contributed by atoms with van der Waals surface area (Å²) in [7, 11) is 0. The van der Waals surface area contributed by atoms with Crippen molar-refractivity contribution >= 4 is 46.0 Å². The van der Waals surface area contributed by atoms with Crippen LogP contribution in [0.3, 0.4) is 0 Å². The van der Waals surface area contributed by atoms with Gasteiger partial charge in [-0.2, -0.15) is 4.99 Å². The van der Waals surface area contributed by atoms with Crippen molar-refractivity contribution < 1.29 is 14.7 Å². The van der Waals surface area contributed by atoms with E-state index in [1.807, 2.05) is 0 Å². The van der Waals surface area contributed by atoms with E-state index in [9.17, 15) is 9.59 Å². The minimum atomic E-state index is -1.14. The monoisotopic (exact) mass is 321 g/mol. The van der Waals surface area contributed by atoms with Crippen molar-refractivity contribution in [2.24, 2.45) is 16.5 Å². The van der Waals surface area contributed by atoms with Crippen LogP contribution in [-0.2, 0) is 4.79 Å². The van der Waals surface area contributed by atoms with Gasteiger partial charge in [-0.3, -0.25) is 9.59 Å². The van der Waals surface area contributed by atoms with Gasteiger partial charge in [-0.25, -0.2) is 4.98 Å². The fourth-order valence-corrected chi connectivity index (χ4v) is 2.02. The van der Waals surface area contributed by atoms with Crippen LogP contribution in [0, 0.1) is 0 Å². The lowest BCUT2D eigenvalue weighted by Crippen LogP contribution is -2.29. The second-order valence-corrected chi connectivity index (χ2v) is 4.71. The van der Waals surface area contributed by atoms with Crippen LogP contribution in [-0.4, -0.2) is 34.5 Å². The van der Waals surface area contributed by atoms with Crippen LogP contribution in [0.1, 0.15) is 10.4 Å². The van der Waals surface area contributed by atoms with E-state index in [4.69, 9.17) is 28.2 Å². The van der Waals surface area contributed by atoms with Gasteiger partial charge in [-0.1, -0.05) is 17.7 Å². The highest BCUT2D eigenvalue weighted by Crippen LogP contribution is 2.30. The van der Waals surface area contributed by atoms with Gasteiger partial charge in [0.1, 0.15) is 6.54 Å². The molecule has 0 saturated heterocycles. The highest BCUT2D eigenvalue weighted by Gasteiger charge is 2.12. The van der Waals surface area contributed by atoms with Crippen molar-refractivity contribution in [3.8, 4) is 0 Å². The number of fused-ring (bicyclic) bond motifs is 1. The molecule has 9 heteroatoms. The molecule has 0 saturated carbocycles. The maximum absolute atomic E-state index is 11.9. The summed E-state index contributed by atoms with van der Waals surface area (Å²) in [4.78, 5) is 30.3. The Balaban J connectivity index is 2.50. The third-order valence-corrected chi connectivity index (χ3v) is 3.02. The van der Waals surface area contributed by atoms with Crippen molar-refractivity contribution in [1.29, 1.82) is 0 Å². The number of amides is 1. The number of aliphatic carboxylic acids is 1. The summed E-state index contributed by atoms with van der Waals surface area (Å²) >= 11 is 6.05. The fourth-order valence-electron chi connectivity index (χ4n) is 1.80. The number of aliphatic imine (C=N–C) groups is 1. The number of hydrogen-bond acceptors (Lipinski definition) is 4. The summed E-state index contributed by atoms with van der Waals surface area (Å²) in [6, 6.07) is 4.62. The van der Waals surface area contributed by atoms with Gasteiger partial charge in [-0.05, 0) is 12.1 Å². The molecule has 0 atom stereocenters. The summed E-state index contributed by atoms with van der Waals surface area (Å²) < 4.78 is 0. The number of halogens is 1. The average molecular weight is 322 g/mol. The van der Waals surface area contributed by atoms with Gasteiger partial charge in [0.15, 0.2) is 11.8 Å². The molecule has 1 aromatic heterocycles. The molecular weight excluding hydrogens is 310 g/mol.